The molecule has 0 saturated heterocycles. The van der Waals surface area contributed by atoms with Gasteiger partial charge in [0, 0.05) is 19.6 Å². The summed E-state index contributed by atoms with van der Waals surface area (Å²) in [6.07, 6.45) is 1.03. The molecule has 1 atom stereocenters. The van der Waals surface area contributed by atoms with Crippen LogP contribution in [-0.2, 0) is 17.7 Å². The lowest BCUT2D eigenvalue weighted by Crippen LogP contribution is -2.16. The highest BCUT2D eigenvalue weighted by molar-refractivity contribution is 5.33. The van der Waals surface area contributed by atoms with Crippen LogP contribution in [0.15, 0.2) is 48.5 Å². The van der Waals surface area contributed by atoms with Gasteiger partial charge in [0.05, 0.1) is 6.10 Å². The van der Waals surface area contributed by atoms with E-state index in [4.69, 9.17) is 4.74 Å². The van der Waals surface area contributed by atoms with Gasteiger partial charge in [0.1, 0.15) is 0 Å². The second-order valence-corrected chi connectivity index (χ2v) is 6.01. The second kappa shape index (κ2) is 8.11. The fraction of sp³-hybridized carbons (Fsp3) is 0.400. The van der Waals surface area contributed by atoms with Crippen molar-refractivity contribution in [3.05, 3.63) is 70.8 Å². The molecule has 22 heavy (non-hydrogen) atoms. The summed E-state index contributed by atoms with van der Waals surface area (Å²) in [6, 6.07) is 17.2. The Kier molecular flexibility index (Phi) is 6.17. The summed E-state index contributed by atoms with van der Waals surface area (Å²) in [7, 11) is 4.21. The summed E-state index contributed by atoms with van der Waals surface area (Å²) in [5, 5.41) is 0. The van der Waals surface area contributed by atoms with E-state index in [0.29, 0.717) is 0 Å². The molecular formula is C20H27NO. The molecule has 0 aliphatic rings. The smallest absolute Gasteiger partial charge is 0.0868 e. The largest absolute Gasteiger partial charge is 0.373 e. The van der Waals surface area contributed by atoms with E-state index in [1.54, 1.807) is 0 Å². The number of rotatable bonds is 7. The summed E-state index contributed by atoms with van der Waals surface area (Å²) >= 11 is 0. The molecule has 0 radical (unpaired) electrons. The van der Waals surface area contributed by atoms with Gasteiger partial charge in [-0.15, -0.1) is 0 Å². The third kappa shape index (κ3) is 4.43. The van der Waals surface area contributed by atoms with Crippen LogP contribution in [0.5, 0.6) is 0 Å². The fourth-order valence-corrected chi connectivity index (χ4v) is 2.83. The van der Waals surface area contributed by atoms with E-state index >= 15 is 0 Å². The molecule has 0 aromatic heterocycles. The third-order valence-corrected chi connectivity index (χ3v) is 3.92. The number of hydrogen-bond acceptors (Lipinski definition) is 2. The van der Waals surface area contributed by atoms with E-state index in [1.807, 2.05) is 0 Å². The van der Waals surface area contributed by atoms with Crippen LogP contribution in [0.25, 0.3) is 0 Å². The van der Waals surface area contributed by atoms with Gasteiger partial charge < -0.3 is 9.64 Å². The Morgan fingerprint density at radius 1 is 0.955 bits per heavy atom. The summed E-state index contributed by atoms with van der Waals surface area (Å²) in [6.45, 7) is 5.91. The molecule has 0 aliphatic heterocycles. The van der Waals surface area contributed by atoms with Gasteiger partial charge in [0.2, 0.25) is 0 Å². The number of hydrogen-bond donors (Lipinski definition) is 0. The second-order valence-electron chi connectivity index (χ2n) is 6.01. The minimum atomic E-state index is 0.113. The van der Waals surface area contributed by atoms with Gasteiger partial charge in [-0.25, -0.2) is 0 Å². The zero-order chi connectivity index (χ0) is 15.9. The van der Waals surface area contributed by atoms with Crippen molar-refractivity contribution in [2.24, 2.45) is 0 Å². The lowest BCUT2D eigenvalue weighted by molar-refractivity contribution is 0.0617. The standard InChI is InChI=1S/C20H27NO/c1-5-22-20(14-17-11-7-6-10-16(17)2)19-13-9-8-12-18(19)15-21(3)4/h6-13,20H,5,14-15H2,1-4H3. The summed E-state index contributed by atoms with van der Waals surface area (Å²) in [5.41, 5.74) is 5.35. The van der Waals surface area contributed by atoms with Crippen LogP contribution in [0, 0.1) is 6.92 Å². The predicted molar refractivity (Wildman–Crippen MR) is 93.1 cm³/mol. The molecule has 2 nitrogen and oxygen atoms in total. The summed E-state index contributed by atoms with van der Waals surface area (Å²) < 4.78 is 6.09. The quantitative estimate of drug-likeness (QED) is 0.752. The first-order chi connectivity index (χ1) is 10.6. The zero-order valence-electron chi connectivity index (χ0n) is 14.2. The Labute approximate surface area is 134 Å². The van der Waals surface area contributed by atoms with Gasteiger partial charge in [-0.3, -0.25) is 0 Å². The molecule has 0 spiro atoms. The molecule has 2 aromatic rings. The maximum Gasteiger partial charge on any atom is 0.0868 e. The molecule has 0 amide bonds. The number of aryl methyl sites for hydroxylation is 1. The molecule has 2 aromatic carbocycles. The first-order valence-corrected chi connectivity index (χ1v) is 8.00. The maximum absolute atomic E-state index is 6.09. The normalized spacial score (nSPS) is 12.6. The van der Waals surface area contributed by atoms with Gasteiger partial charge in [0.15, 0.2) is 0 Å². The average Bonchev–Trinajstić information content (AvgIpc) is 2.49. The molecule has 0 N–H and O–H groups in total. The zero-order valence-corrected chi connectivity index (χ0v) is 14.2. The highest BCUT2D eigenvalue weighted by atomic mass is 16.5. The van der Waals surface area contributed by atoms with Gasteiger partial charge in [-0.1, -0.05) is 48.5 Å². The van der Waals surface area contributed by atoms with Gasteiger partial charge in [-0.05, 0) is 50.2 Å². The number of nitrogens with zero attached hydrogens (tertiary/aromatic N) is 1. The molecule has 1 unspecified atom stereocenters. The van der Waals surface area contributed by atoms with Crippen molar-refractivity contribution in [2.45, 2.75) is 32.9 Å². The van der Waals surface area contributed by atoms with E-state index in [9.17, 15) is 0 Å². The Morgan fingerprint density at radius 3 is 2.23 bits per heavy atom. The van der Waals surface area contributed by atoms with E-state index < -0.39 is 0 Å². The molecule has 2 heteroatoms. The van der Waals surface area contributed by atoms with E-state index in [2.05, 4.69) is 81.4 Å². The first-order valence-electron chi connectivity index (χ1n) is 8.00. The van der Waals surface area contributed by atoms with Gasteiger partial charge >= 0.3 is 0 Å². The van der Waals surface area contributed by atoms with Crippen molar-refractivity contribution in [2.75, 3.05) is 20.7 Å². The number of ether oxygens (including phenoxy) is 1. The molecule has 2 rings (SSSR count). The first kappa shape index (κ1) is 16.7. The molecule has 0 saturated carbocycles. The fourth-order valence-electron chi connectivity index (χ4n) is 2.83. The molecule has 0 fully saturated rings. The van der Waals surface area contributed by atoms with Crippen LogP contribution < -0.4 is 0 Å². The number of benzene rings is 2. The predicted octanol–water partition coefficient (Wildman–Crippen LogP) is 4.38. The Balaban J connectivity index is 2.30. The van der Waals surface area contributed by atoms with E-state index in [1.165, 1.54) is 22.3 Å². The van der Waals surface area contributed by atoms with Crippen LogP contribution in [0.3, 0.4) is 0 Å². The minimum absolute atomic E-state index is 0.113. The van der Waals surface area contributed by atoms with Gasteiger partial charge in [-0.2, -0.15) is 0 Å². The average molecular weight is 297 g/mol. The molecule has 0 heterocycles. The molecular weight excluding hydrogens is 270 g/mol. The Morgan fingerprint density at radius 2 is 1.59 bits per heavy atom. The van der Waals surface area contributed by atoms with Crippen molar-refractivity contribution in [1.29, 1.82) is 0 Å². The minimum Gasteiger partial charge on any atom is -0.373 e. The van der Waals surface area contributed by atoms with Crippen molar-refractivity contribution in [1.82, 2.24) is 4.90 Å². The van der Waals surface area contributed by atoms with E-state index in [0.717, 1.165) is 19.6 Å². The SMILES string of the molecule is CCOC(Cc1ccccc1C)c1ccccc1CN(C)C. The van der Waals surface area contributed by atoms with Crippen LogP contribution in [0.1, 0.15) is 35.3 Å². The molecule has 0 aliphatic carbocycles. The van der Waals surface area contributed by atoms with Crippen molar-refractivity contribution >= 4 is 0 Å². The lowest BCUT2D eigenvalue weighted by atomic mass is 9.94. The van der Waals surface area contributed by atoms with Crippen molar-refractivity contribution in [3.63, 3.8) is 0 Å². The molecule has 0 bridgehead atoms. The summed E-state index contributed by atoms with van der Waals surface area (Å²) in [5.74, 6) is 0. The topological polar surface area (TPSA) is 12.5 Å². The highest BCUT2D eigenvalue weighted by Crippen LogP contribution is 2.27. The Hall–Kier alpha value is -1.64. The highest BCUT2D eigenvalue weighted by Gasteiger charge is 2.17. The van der Waals surface area contributed by atoms with Gasteiger partial charge in [0.25, 0.3) is 0 Å². The maximum atomic E-state index is 6.09. The lowest BCUT2D eigenvalue weighted by Gasteiger charge is -2.23. The summed E-state index contributed by atoms with van der Waals surface area (Å²) in [4.78, 5) is 2.20. The van der Waals surface area contributed by atoms with Crippen molar-refractivity contribution < 1.29 is 4.74 Å². The Bertz CT molecular complexity index is 592. The van der Waals surface area contributed by atoms with Crippen LogP contribution in [0.4, 0.5) is 0 Å². The third-order valence-electron chi connectivity index (χ3n) is 3.92. The van der Waals surface area contributed by atoms with E-state index in [-0.39, 0.29) is 6.10 Å². The van der Waals surface area contributed by atoms with Crippen molar-refractivity contribution in [3.8, 4) is 0 Å². The molecule has 118 valence electrons. The van der Waals surface area contributed by atoms with Crippen LogP contribution in [0.2, 0.25) is 0 Å². The monoisotopic (exact) mass is 297 g/mol. The van der Waals surface area contributed by atoms with Crippen LogP contribution in [-0.4, -0.2) is 25.6 Å². The van der Waals surface area contributed by atoms with Crippen LogP contribution >= 0.6 is 0 Å².